The maximum atomic E-state index is 10.4. The van der Waals surface area contributed by atoms with E-state index in [0.717, 1.165) is 28.6 Å². The Labute approximate surface area is 92.5 Å². The minimum atomic E-state index is -0.662. The predicted octanol–water partition coefficient (Wildman–Crippen LogP) is 1.94. The predicted molar refractivity (Wildman–Crippen MR) is 60.3 cm³/mol. The molecule has 0 aromatic heterocycles. The van der Waals surface area contributed by atoms with Crippen LogP contribution in [-0.2, 0) is 5.60 Å². The molecule has 1 atom stereocenters. The highest BCUT2D eigenvalue weighted by atomic mass is 79.9. The second-order valence-electron chi connectivity index (χ2n) is 3.92. The van der Waals surface area contributed by atoms with Gasteiger partial charge in [-0.1, -0.05) is 22.0 Å². The van der Waals surface area contributed by atoms with Gasteiger partial charge in [-0.05, 0) is 43.1 Å². The van der Waals surface area contributed by atoms with Gasteiger partial charge in [-0.25, -0.2) is 0 Å². The highest BCUT2D eigenvalue weighted by Gasteiger charge is 2.33. The van der Waals surface area contributed by atoms with Gasteiger partial charge in [-0.15, -0.1) is 0 Å². The average molecular weight is 256 g/mol. The molecule has 1 aliphatic rings. The van der Waals surface area contributed by atoms with Crippen LogP contribution in [0.4, 0.5) is 0 Å². The normalized spacial score (nSPS) is 26.8. The summed E-state index contributed by atoms with van der Waals surface area (Å²) in [4.78, 5) is 0. The maximum Gasteiger partial charge on any atom is 0.103 e. The number of halogens is 1. The van der Waals surface area contributed by atoms with Crippen molar-refractivity contribution in [1.82, 2.24) is 5.32 Å². The summed E-state index contributed by atoms with van der Waals surface area (Å²) in [5.74, 6) is 0. The fourth-order valence-electron chi connectivity index (χ4n) is 2.06. The van der Waals surface area contributed by atoms with Crippen LogP contribution in [0.15, 0.2) is 22.7 Å². The molecule has 1 heterocycles. The second kappa shape index (κ2) is 3.65. The zero-order valence-electron chi connectivity index (χ0n) is 8.18. The smallest absolute Gasteiger partial charge is 0.103 e. The molecule has 0 spiro atoms. The summed E-state index contributed by atoms with van der Waals surface area (Å²) in [6.07, 6.45) is 0.801. The van der Waals surface area contributed by atoms with Crippen molar-refractivity contribution >= 4 is 15.9 Å². The maximum absolute atomic E-state index is 10.4. The Kier molecular flexibility index (Phi) is 2.64. The molecule has 76 valence electrons. The van der Waals surface area contributed by atoms with Crippen molar-refractivity contribution in [3.8, 4) is 0 Å². The van der Waals surface area contributed by atoms with E-state index in [4.69, 9.17) is 0 Å². The minimum Gasteiger partial charge on any atom is -0.384 e. The summed E-state index contributed by atoms with van der Waals surface area (Å²) in [7, 11) is 0. The van der Waals surface area contributed by atoms with Gasteiger partial charge in [0.05, 0.1) is 0 Å². The number of β-amino-alcohol motifs (C(OH)–C–C–N with tert-alkyl or cyclic N) is 1. The van der Waals surface area contributed by atoms with Gasteiger partial charge < -0.3 is 10.4 Å². The Hall–Kier alpha value is -0.380. The number of aliphatic hydroxyl groups is 1. The largest absolute Gasteiger partial charge is 0.384 e. The van der Waals surface area contributed by atoms with E-state index in [1.54, 1.807) is 0 Å². The number of hydrogen-bond donors (Lipinski definition) is 2. The molecule has 1 aromatic rings. The molecule has 0 aliphatic carbocycles. The van der Waals surface area contributed by atoms with E-state index in [0.29, 0.717) is 6.54 Å². The molecule has 0 radical (unpaired) electrons. The van der Waals surface area contributed by atoms with Gasteiger partial charge >= 0.3 is 0 Å². The van der Waals surface area contributed by atoms with Gasteiger partial charge in [0.1, 0.15) is 5.60 Å². The molecule has 14 heavy (non-hydrogen) atoms. The highest BCUT2D eigenvalue weighted by molar-refractivity contribution is 9.10. The molecule has 1 saturated heterocycles. The van der Waals surface area contributed by atoms with Crippen LogP contribution in [0, 0.1) is 6.92 Å². The first kappa shape index (κ1) is 10.1. The number of benzene rings is 1. The number of nitrogens with one attached hydrogen (secondary N) is 1. The molecule has 1 fully saturated rings. The standard InChI is InChI=1S/C11H14BrNO/c1-8-6-9(12)2-3-10(8)11(14)4-5-13-7-11/h2-3,6,13-14H,4-5,7H2,1H3. The minimum absolute atomic E-state index is 0.662. The van der Waals surface area contributed by atoms with Gasteiger partial charge in [0.15, 0.2) is 0 Å². The Bertz CT molecular complexity index is 345. The molecule has 2 N–H and O–H groups in total. The van der Waals surface area contributed by atoms with Crippen LogP contribution in [-0.4, -0.2) is 18.2 Å². The molecule has 0 saturated carbocycles. The Morgan fingerprint density at radius 1 is 1.50 bits per heavy atom. The Morgan fingerprint density at radius 3 is 2.86 bits per heavy atom. The van der Waals surface area contributed by atoms with Gasteiger partial charge in [-0.3, -0.25) is 0 Å². The Balaban J connectivity index is 2.40. The van der Waals surface area contributed by atoms with Gasteiger partial charge in [0.25, 0.3) is 0 Å². The van der Waals surface area contributed by atoms with Crippen molar-refractivity contribution in [1.29, 1.82) is 0 Å². The van der Waals surface area contributed by atoms with E-state index >= 15 is 0 Å². The van der Waals surface area contributed by atoms with Crippen LogP contribution in [0.3, 0.4) is 0 Å². The monoisotopic (exact) mass is 255 g/mol. The fourth-order valence-corrected chi connectivity index (χ4v) is 2.53. The third kappa shape index (κ3) is 1.72. The lowest BCUT2D eigenvalue weighted by Gasteiger charge is -2.24. The molecular weight excluding hydrogens is 242 g/mol. The lowest BCUT2D eigenvalue weighted by atomic mass is 9.90. The third-order valence-electron chi connectivity index (χ3n) is 2.82. The van der Waals surface area contributed by atoms with Crippen molar-refractivity contribution in [2.75, 3.05) is 13.1 Å². The van der Waals surface area contributed by atoms with Crippen LogP contribution in [0.5, 0.6) is 0 Å². The van der Waals surface area contributed by atoms with Gasteiger partial charge in [0.2, 0.25) is 0 Å². The summed E-state index contributed by atoms with van der Waals surface area (Å²) in [5.41, 5.74) is 1.53. The first-order chi connectivity index (χ1) is 6.62. The summed E-state index contributed by atoms with van der Waals surface area (Å²) in [6, 6.07) is 6.04. The fraction of sp³-hybridized carbons (Fsp3) is 0.455. The van der Waals surface area contributed by atoms with Crippen molar-refractivity contribution in [3.63, 3.8) is 0 Å². The van der Waals surface area contributed by atoms with E-state index in [9.17, 15) is 5.11 Å². The van der Waals surface area contributed by atoms with Crippen LogP contribution in [0.1, 0.15) is 17.5 Å². The zero-order valence-corrected chi connectivity index (χ0v) is 9.76. The molecular formula is C11H14BrNO. The Morgan fingerprint density at radius 2 is 2.29 bits per heavy atom. The topological polar surface area (TPSA) is 32.3 Å². The third-order valence-corrected chi connectivity index (χ3v) is 3.32. The lowest BCUT2D eigenvalue weighted by Crippen LogP contribution is -2.29. The molecule has 2 rings (SSSR count). The van der Waals surface area contributed by atoms with Crippen LogP contribution in [0.2, 0.25) is 0 Å². The lowest BCUT2D eigenvalue weighted by molar-refractivity contribution is 0.0581. The van der Waals surface area contributed by atoms with Crippen molar-refractivity contribution < 1.29 is 5.11 Å². The summed E-state index contributed by atoms with van der Waals surface area (Å²) < 4.78 is 1.06. The molecule has 2 nitrogen and oxygen atoms in total. The molecule has 1 aromatic carbocycles. The van der Waals surface area contributed by atoms with Gasteiger partial charge in [0, 0.05) is 11.0 Å². The van der Waals surface area contributed by atoms with E-state index in [1.807, 2.05) is 25.1 Å². The summed E-state index contributed by atoms with van der Waals surface area (Å²) in [5, 5.41) is 13.5. The first-order valence-electron chi connectivity index (χ1n) is 4.81. The number of aryl methyl sites for hydroxylation is 1. The van der Waals surface area contributed by atoms with Crippen LogP contribution in [0.25, 0.3) is 0 Å². The van der Waals surface area contributed by atoms with Crippen molar-refractivity contribution in [2.24, 2.45) is 0 Å². The first-order valence-corrected chi connectivity index (χ1v) is 5.61. The highest BCUT2D eigenvalue weighted by Crippen LogP contribution is 2.31. The van der Waals surface area contributed by atoms with E-state index < -0.39 is 5.60 Å². The molecule has 0 amide bonds. The molecule has 1 unspecified atom stereocenters. The SMILES string of the molecule is Cc1cc(Br)ccc1C1(O)CCNC1. The summed E-state index contributed by atoms with van der Waals surface area (Å²) >= 11 is 3.43. The number of hydrogen-bond acceptors (Lipinski definition) is 2. The van der Waals surface area contributed by atoms with E-state index in [1.165, 1.54) is 0 Å². The van der Waals surface area contributed by atoms with Crippen LogP contribution < -0.4 is 5.32 Å². The van der Waals surface area contributed by atoms with Crippen molar-refractivity contribution in [2.45, 2.75) is 18.9 Å². The average Bonchev–Trinajstić information content (AvgIpc) is 2.52. The number of rotatable bonds is 1. The van der Waals surface area contributed by atoms with E-state index in [-0.39, 0.29) is 0 Å². The van der Waals surface area contributed by atoms with E-state index in [2.05, 4.69) is 21.2 Å². The van der Waals surface area contributed by atoms with Crippen molar-refractivity contribution in [3.05, 3.63) is 33.8 Å². The van der Waals surface area contributed by atoms with Gasteiger partial charge in [-0.2, -0.15) is 0 Å². The quantitative estimate of drug-likeness (QED) is 0.804. The molecule has 1 aliphatic heterocycles. The van der Waals surface area contributed by atoms with Crippen LogP contribution >= 0.6 is 15.9 Å². The molecule has 0 bridgehead atoms. The second-order valence-corrected chi connectivity index (χ2v) is 4.83. The zero-order chi connectivity index (χ0) is 10.2. The molecule has 3 heteroatoms. The summed E-state index contributed by atoms with van der Waals surface area (Å²) in [6.45, 7) is 3.60.